The second-order valence-corrected chi connectivity index (χ2v) is 5.35. The molecule has 0 spiro atoms. The van der Waals surface area contributed by atoms with Gasteiger partial charge in [0.2, 0.25) is 0 Å². The molecule has 96 valence electrons. The van der Waals surface area contributed by atoms with E-state index in [1.54, 1.807) is 0 Å². The molecule has 1 aromatic heterocycles. The first-order valence-corrected chi connectivity index (χ1v) is 6.77. The monoisotopic (exact) mass is 243 g/mol. The maximum atomic E-state index is 5.97. The third-order valence-electron chi connectivity index (χ3n) is 4.25. The lowest BCUT2D eigenvalue weighted by Gasteiger charge is -2.38. The molecule has 3 N–H and O–H groups in total. The minimum atomic E-state index is 0.458. The molecular weight excluding hydrogens is 222 g/mol. The molecule has 2 heterocycles. The number of nitrogens with two attached hydrogens (primary N) is 1. The van der Waals surface area contributed by atoms with Crippen LogP contribution in [0.4, 0.5) is 0 Å². The molecule has 2 atom stereocenters. The van der Waals surface area contributed by atoms with Crippen molar-refractivity contribution in [2.45, 2.75) is 18.9 Å². The molecule has 1 aromatic carbocycles. The predicted molar refractivity (Wildman–Crippen MR) is 75.4 cm³/mol. The highest BCUT2D eigenvalue weighted by Gasteiger charge is 2.30. The quantitative estimate of drug-likeness (QED) is 0.851. The van der Waals surface area contributed by atoms with Gasteiger partial charge in [-0.05, 0) is 50.5 Å². The van der Waals surface area contributed by atoms with E-state index in [-0.39, 0.29) is 0 Å². The van der Waals surface area contributed by atoms with E-state index in [4.69, 9.17) is 5.73 Å². The van der Waals surface area contributed by atoms with Crippen molar-refractivity contribution < 1.29 is 0 Å². The van der Waals surface area contributed by atoms with Crippen LogP contribution in [0.15, 0.2) is 30.5 Å². The van der Waals surface area contributed by atoms with Gasteiger partial charge >= 0.3 is 0 Å². The first-order chi connectivity index (χ1) is 8.81. The zero-order chi connectivity index (χ0) is 12.5. The second kappa shape index (κ2) is 4.75. The number of para-hydroxylation sites is 1. The third kappa shape index (κ3) is 1.84. The van der Waals surface area contributed by atoms with Crippen molar-refractivity contribution in [3.63, 3.8) is 0 Å². The summed E-state index contributed by atoms with van der Waals surface area (Å²) in [7, 11) is 2.22. The van der Waals surface area contributed by atoms with E-state index in [0.717, 1.165) is 6.54 Å². The lowest BCUT2D eigenvalue weighted by Crippen LogP contribution is -2.39. The van der Waals surface area contributed by atoms with E-state index in [1.165, 1.54) is 35.9 Å². The van der Waals surface area contributed by atoms with E-state index in [9.17, 15) is 0 Å². The molecule has 0 saturated carbocycles. The van der Waals surface area contributed by atoms with Crippen molar-refractivity contribution in [3.8, 4) is 0 Å². The fourth-order valence-corrected chi connectivity index (χ4v) is 3.34. The number of likely N-dealkylation sites (tertiary alicyclic amines) is 1. The Morgan fingerprint density at radius 3 is 3.06 bits per heavy atom. The molecule has 2 aromatic rings. The van der Waals surface area contributed by atoms with Crippen LogP contribution in [0.3, 0.4) is 0 Å². The molecular formula is C15H21N3. The highest BCUT2D eigenvalue weighted by atomic mass is 15.1. The van der Waals surface area contributed by atoms with Crippen LogP contribution in [0.1, 0.15) is 24.4 Å². The number of aromatic nitrogens is 1. The van der Waals surface area contributed by atoms with Crippen molar-refractivity contribution in [1.29, 1.82) is 0 Å². The maximum absolute atomic E-state index is 5.97. The average Bonchev–Trinajstić information content (AvgIpc) is 2.82. The first-order valence-electron chi connectivity index (χ1n) is 6.77. The van der Waals surface area contributed by atoms with Gasteiger partial charge in [-0.15, -0.1) is 0 Å². The second-order valence-electron chi connectivity index (χ2n) is 5.35. The van der Waals surface area contributed by atoms with Crippen LogP contribution >= 0.6 is 0 Å². The molecule has 0 bridgehead atoms. The third-order valence-corrected chi connectivity index (χ3v) is 4.25. The number of rotatable bonds is 2. The average molecular weight is 243 g/mol. The predicted octanol–water partition coefficient (Wildman–Crippen LogP) is 2.51. The van der Waals surface area contributed by atoms with Crippen LogP contribution in [0.25, 0.3) is 10.9 Å². The summed E-state index contributed by atoms with van der Waals surface area (Å²) in [6.45, 7) is 1.94. The molecule has 0 amide bonds. The fourth-order valence-electron chi connectivity index (χ4n) is 3.34. The molecule has 3 heteroatoms. The summed E-state index contributed by atoms with van der Waals surface area (Å²) < 4.78 is 0. The Morgan fingerprint density at radius 2 is 2.22 bits per heavy atom. The zero-order valence-corrected chi connectivity index (χ0v) is 10.9. The molecule has 0 unspecified atom stereocenters. The summed E-state index contributed by atoms with van der Waals surface area (Å²) in [5.41, 5.74) is 8.60. The van der Waals surface area contributed by atoms with E-state index >= 15 is 0 Å². The van der Waals surface area contributed by atoms with Crippen LogP contribution in [0.2, 0.25) is 0 Å². The number of H-pyrrole nitrogens is 1. The fraction of sp³-hybridized carbons (Fsp3) is 0.467. The normalized spacial score (nSPS) is 25.7. The number of hydrogen-bond acceptors (Lipinski definition) is 2. The number of nitrogens with zero attached hydrogens (tertiary/aromatic N) is 1. The van der Waals surface area contributed by atoms with Crippen LogP contribution in [-0.4, -0.2) is 30.0 Å². The summed E-state index contributed by atoms with van der Waals surface area (Å²) in [4.78, 5) is 5.84. The molecule has 1 saturated heterocycles. The van der Waals surface area contributed by atoms with Crippen molar-refractivity contribution in [2.75, 3.05) is 20.1 Å². The molecule has 1 aliphatic heterocycles. The van der Waals surface area contributed by atoms with Gasteiger partial charge < -0.3 is 10.7 Å². The summed E-state index contributed by atoms with van der Waals surface area (Å²) in [6, 6.07) is 8.99. The Labute approximate surface area is 108 Å². The molecule has 1 aliphatic rings. The van der Waals surface area contributed by atoms with Gasteiger partial charge in [0, 0.05) is 23.1 Å². The minimum absolute atomic E-state index is 0.458. The zero-order valence-electron chi connectivity index (χ0n) is 10.9. The highest BCUT2D eigenvalue weighted by molar-refractivity contribution is 5.83. The Bertz CT molecular complexity index is 531. The van der Waals surface area contributed by atoms with Gasteiger partial charge in [-0.25, -0.2) is 0 Å². The number of nitrogens with one attached hydrogen (secondary N) is 1. The number of fused-ring (bicyclic) bond motifs is 1. The van der Waals surface area contributed by atoms with Crippen molar-refractivity contribution in [3.05, 3.63) is 36.0 Å². The van der Waals surface area contributed by atoms with E-state index in [0.29, 0.717) is 12.0 Å². The first kappa shape index (κ1) is 11.8. The van der Waals surface area contributed by atoms with Crippen molar-refractivity contribution in [1.82, 2.24) is 9.88 Å². The summed E-state index contributed by atoms with van der Waals surface area (Å²) >= 11 is 0. The summed E-state index contributed by atoms with van der Waals surface area (Å²) in [5.74, 6) is 0.572. The van der Waals surface area contributed by atoms with Gasteiger partial charge in [0.25, 0.3) is 0 Å². The number of hydrogen-bond donors (Lipinski definition) is 2. The molecule has 0 aliphatic carbocycles. The van der Waals surface area contributed by atoms with Gasteiger partial charge in [-0.1, -0.05) is 18.2 Å². The number of aromatic amines is 1. The maximum Gasteiger partial charge on any atom is 0.0457 e. The largest absolute Gasteiger partial charge is 0.361 e. The Kier molecular flexibility index (Phi) is 3.10. The van der Waals surface area contributed by atoms with Gasteiger partial charge in [0.05, 0.1) is 0 Å². The van der Waals surface area contributed by atoms with Crippen molar-refractivity contribution >= 4 is 10.9 Å². The van der Waals surface area contributed by atoms with Crippen LogP contribution < -0.4 is 5.73 Å². The summed E-state index contributed by atoms with van der Waals surface area (Å²) in [5, 5.41) is 1.34. The minimum Gasteiger partial charge on any atom is -0.361 e. The van der Waals surface area contributed by atoms with E-state index < -0.39 is 0 Å². The molecule has 1 fully saturated rings. The lowest BCUT2D eigenvalue weighted by atomic mass is 9.85. The lowest BCUT2D eigenvalue weighted by molar-refractivity contribution is 0.126. The molecule has 3 rings (SSSR count). The molecule has 0 radical (unpaired) electrons. The topological polar surface area (TPSA) is 45.0 Å². The number of piperidine rings is 1. The Hall–Kier alpha value is -1.32. The van der Waals surface area contributed by atoms with Gasteiger partial charge in [0.1, 0.15) is 0 Å². The van der Waals surface area contributed by atoms with Gasteiger partial charge in [0.15, 0.2) is 0 Å². The SMILES string of the molecule is CN1CCC[C@H](CN)[C@H]1c1c[nH]c2ccccc12. The smallest absolute Gasteiger partial charge is 0.0457 e. The van der Waals surface area contributed by atoms with Crippen LogP contribution in [0, 0.1) is 5.92 Å². The highest BCUT2D eigenvalue weighted by Crippen LogP contribution is 2.37. The Balaban J connectivity index is 2.06. The van der Waals surface area contributed by atoms with Crippen LogP contribution in [0.5, 0.6) is 0 Å². The van der Waals surface area contributed by atoms with E-state index in [2.05, 4.69) is 47.4 Å². The molecule has 18 heavy (non-hydrogen) atoms. The van der Waals surface area contributed by atoms with Gasteiger partial charge in [-0.2, -0.15) is 0 Å². The number of benzene rings is 1. The Morgan fingerprint density at radius 1 is 1.39 bits per heavy atom. The van der Waals surface area contributed by atoms with Crippen molar-refractivity contribution in [2.24, 2.45) is 11.7 Å². The van der Waals surface area contributed by atoms with Gasteiger partial charge in [-0.3, -0.25) is 4.90 Å². The standard InChI is InChI=1S/C15H21N3/c1-18-8-4-5-11(9-16)15(18)13-10-17-14-7-3-2-6-12(13)14/h2-3,6-7,10-11,15,17H,4-5,8-9,16H2,1H3/t11-,15+/m1/s1. The van der Waals surface area contributed by atoms with E-state index in [1.807, 2.05) is 0 Å². The molecule has 3 nitrogen and oxygen atoms in total. The summed E-state index contributed by atoms with van der Waals surface area (Å²) in [6.07, 6.45) is 4.67. The van der Waals surface area contributed by atoms with Crippen LogP contribution in [-0.2, 0) is 0 Å².